The van der Waals surface area contributed by atoms with Crippen molar-refractivity contribution in [3.05, 3.63) is 81.6 Å². The number of nitrogens with zero attached hydrogens (tertiary/aromatic N) is 2. The lowest BCUT2D eigenvalue weighted by molar-refractivity contribution is -0.120. The number of amides is 2. The van der Waals surface area contributed by atoms with E-state index in [-0.39, 0.29) is 17.5 Å². The van der Waals surface area contributed by atoms with Crippen LogP contribution in [0.2, 0.25) is 5.02 Å². The molecule has 1 saturated heterocycles. The van der Waals surface area contributed by atoms with E-state index in [4.69, 9.17) is 11.6 Å². The van der Waals surface area contributed by atoms with Crippen LogP contribution in [0.3, 0.4) is 0 Å². The minimum absolute atomic E-state index is 0.290. The molecule has 1 aromatic heterocycles. The number of halogens is 1. The van der Waals surface area contributed by atoms with Gasteiger partial charge >= 0.3 is 0 Å². The molecule has 32 heavy (non-hydrogen) atoms. The number of thiophene rings is 1. The average molecular weight is 464 g/mol. The minimum atomic E-state index is -0.374. The zero-order valence-electron chi connectivity index (χ0n) is 17.4. The predicted octanol–water partition coefficient (Wildman–Crippen LogP) is 5.79. The van der Waals surface area contributed by atoms with Crippen LogP contribution < -0.4 is 15.1 Å². The quantitative estimate of drug-likeness (QED) is 0.487. The monoisotopic (exact) mass is 463 g/mol. The first-order valence-electron chi connectivity index (χ1n) is 10.7. The highest BCUT2D eigenvalue weighted by atomic mass is 35.5. The van der Waals surface area contributed by atoms with Crippen molar-refractivity contribution < 1.29 is 9.59 Å². The van der Waals surface area contributed by atoms with Crippen molar-refractivity contribution in [2.24, 2.45) is 0 Å². The molecule has 0 spiro atoms. The smallest absolute Gasteiger partial charge is 0.282 e. The standard InChI is InChI=1S/C25H22ClN3O2S/c26-17-6-10-20(11-7-17)29-24(30)22(21-5-4-16-32-21)23(25(29)31)27-18-8-12-19(13-9-18)28-14-2-1-3-15-28/h4-13,16,27H,1-3,14-15H2. The lowest BCUT2D eigenvalue weighted by Gasteiger charge is -2.28. The fraction of sp³-hybridized carbons (Fsp3) is 0.200. The van der Waals surface area contributed by atoms with Gasteiger partial charge in [0.05, 0.1) is 11.3 Å². The van der Waals surface area contributed by atoms with Gasteiger partial charge < -0.3 is 10.2 Å². The molecule has 3 aromatic rings. The third-order valence-electron chi connectivity index (χ3n) is 5.79. The highest BCUT2D eigenvalue weighted by molar-refractivity contribution is 7.11. The Morgan fingerprint density at radius 2 is 1.50 bits per heavy atom. The van der Waals surface area contributed by atoms with Crippen LogP contribution in [0.25, 0.3) is 5.57 Å². The number of nitrogens with one attached hydrogen (secondary N) is 1. The Morgan fingerprint density at radius 1 is 0.812 bits per heavy atom. The summed E-state index contributed by atoms with van der Waals surface area (Å²) in [6, 6.07) is 18.5. The van der Waals surface area contributed by atoms with Gasteiger partial charge in [-0.2, -0.15) is 0 Å². The maximum absolute atomic E-state index is 13.4. The van der Waals surface area contributed by atoms with Gasteiger partial charge in [-0.1, -0.05) is 17.7 Å². The highest BCUT2D eigenvalue weighted by Crippen LogP contribution is 2.36. The van der Waals surface area contributed by atoms with Crippen LogP contribution in [0.1, 0.15) is 24.1 Å². The van der Waals surface area contributed by atoms with Crippen molar-refractivity contribution in [3.63, 3.8) is 0 Å². The van der Waals surface area contributed by atoms with Crippen LogP contribution in [0.4, 0.5) is 17.1 Å². The predicted molar refractivity (Wildman–Crippen MR) is 131 cm³/mol. The van der Waals surface area contributed by atoms with Gasteiger partial charge in [-0.25, -0.2) is 4.90 Å². The van der Waals surface area contributed by atoms with Gasteiger partial charge in [-0.3, -0.25) is 9.59 Å². The van der Waals surface area contributed by atoms with Gasteiger partial charge in [0.25, 0.3) is 11.8 Å². The number of anilines is 3. The molecule has 3 heterocycles. The summed E-state index contributed by atoms with van der Waals surface area (Å²) in [6.07, 6.45) is 3.72. The van der Waals surface area contributed by atoms with Gasteiger partial charge in [0.2, 0.25) is 0 Å². The second-order valence-corrected chi connectivity index (χ2v) is 9.25. The summed E-state index contributed by atoms with van der Waals surface area (Å²) >= 11 is 7.43. The number of hydrogen-bond donors (Lipinski definition) is 1. The minimum Gasteiger partial charge on any atom is -0.372 e. The number of rotatable bonds is 5. The van der Waals surface area contributed by atoms with Crippen LogP contribution >= 0.6 is 22.9 Å². The van der Waals surface area contributed by atoms with Crippen LogP contribution in [0.15, 0.2) is 71.7 Å². The molecule has 5 nitrogen and oxygen atoms in total. The Kier molecular flexibility index (Phi) is 5.72. The first-order valence-corrected chi connectivity index (χ1v) is 11.9. The average Bonchev–Trinajstić information content (AvgIpc) is 3.42. The van der Waals surface area contributed by atoms with Crippen molar-refractivity contribution in [3.8, 4) is 0 Å². The van der Waals surface area contributed by atoms with Crippen molar-refractivity contribution in [2.75, 3.05) is 28.2 Å². The van der Waals surface area contributed by atoms with Gasteiger partial charge in [0, 0.05) is 34.4 Å². The number of benzene rings is 2. The fourth-order valence-corrected chi connectivity index (χ4v) is 5.07. The second kappa shape index (κ2) is 8.81. The molecule has 0 unspecified atom stereocenters. The molecule has 2 aromatic carbocycles. The molecular weight excluding hydrogens is 442 g/mol. The molecule has 0 saturated carbocycles. The summed E-state index contributed by atoms with van der Waals surface area (Å²) in [5.41, 5.74) is 3.13. The summed E-state index contributed by atoms with van der Waals surface area (Å²) in [7, 11) is 0. The Hall–Kier alpha value is -3.09. The van der Waals surface area contributed by atoms with E-state index < -0.39 is 0 Å². The molecule has 162 valence electrons. The maximum atomic E-state index is 13.4. The molecule has 0 bridgehead atoms. The summed E-state index contributed by atoms with van der Waals surface area (Å²) in [5.74, 6) is -0.715. The zero-order valence-corrected chi connectivity index (χ0v) is 19.0. The Labute approximate surface area is 195 Å². The molecule has 7 heteroatoms. The van der Waals surface area contributed by atoms with Crippen LogP contribution in [0, 0.1) is 0 Å². The van der Waals surface area contributed by atoms with E-state index in [0.29, 0.717) is 16.3 Å². The first-order chi connectivity index (χ1) is 15.6. The molecular formula is C25H22ClN3O2S. The molecule has 1 fully saturated rings. The molecule has 2 aliphatic heterocycles. The van der Waals surface area contributed by atoms with Crippen LogP contribution in [-0.4, -0.2) is 24.9 Å². The third-order valence-corrected chi connectivity index (χ3v) is 6.93. The van der Waals surface area contributed by atoms with Crippen molar-refractivity contribution >= 4 is 57.4 Å². The summed E-state index contributed by atoms with van der Waals surface area (Å²) in [6.45, 7) is 2.15. The lowest BCUT2D eigenvalue weighted by Crippen LogP contribution is -2.32. The zero-order chi connectivity index (χ0) is 22.1. The van der Waals surface area contributed by atoms with Gasteiger partial charge in [0.1, 0.15) is 5.70 Å². The fourth-order valence-electron chi connectivity index (χ4n) is 4.17. The van der Waals surface area contributed by atoms with E-state index >= 15 is 0 Å². The Bertz CT molecular complexity index is 1160. The molecule has 1 N–H and O–H groups in total. The summed E-state index contributed by atoms with van der Waals surface area (Å²) in [5, 5.41) is 5.68. The van der Waals surface area contributed by atoms with Gasteiger partial charge in [-0.15, -0.1) is 11.3 Å². The van der Waals surface area contributed by atoms with Crippen molar-refractivity contribution in [1.82, 2.24) is 0 Å². The molecule has 2 aliphatic rings. The van der Waals surface area contributed by atoms with E-state index in [0.717, 1.165) is 23.7 Å². The largest absolute Gasteiger partial charge is 0.372 e. The van der Waals surface area contributed by atoms with Gasteiger partial charge in [0.15, 0.2) is 0 Å². The van der Waals surface area contributed by atoms with Gasteiger partial charge in [-0.05, 0) is 79.2 Å². The van der Waals surface area contributed by atoms with Crippen LogP contribution in [-0.2, 0) is 9.59 Å². The topological polar surface area (TPSA) is 52.7 Å². The SMILES string of the molecule is O=C1C(Nc2ccc(N3CCCCC3)cc2)=C(c2cccs2)C(=O)N1c1ccc(Cl)cc1. The molecule has 2 amide bonds. The van der Waals surface area contributed by atoms with Crippen molar-refractivity contribution in [1.29, 1.82) is 0 Å². The Morgan fingerprint density at radius 3 is 2.16 bits per heavy atom. The summed E-state index contributed by atoms with van der Waals surface area (Å²) in [4.78, 5) is 31.1. The third kappa shape index (κ3) is 3.92. The molecule has 0 atom stereocenters. The van der Waals surface area contributed by atoms with E-state index in [9.17, 15) is 9.59 Å². The van der Waals surface area contributed by atoms with Crippen molar-refractivity contribution in [2.45, 2.75) is 19.3 Å². The second-order valence-electron chi connectivity index (χ2n) is 7.87. The Balaban J connectivity index is 1.46. The molecule has 0 radical (unpaired) electrons. The van der Waals surface area contributed by atoms with E-state index in [2.05, 4.69) is 22.3 Å². The maximum Gasteiger partial charge on any atom is 0.282 e. The normalized spacial score (nSPS) is 16.8. The highest BCUT2D eigenvalue weighted by Gasteiger charge is 2.40. The summed E-state index contributed by atoms with van der Waals surface area (Å²) < 4.78 is 0. The van der Waals surface area contributed by atoms with E-state index in [1.165, 1.54) is 41.2 Å². The van der Waals surface area contributed by atoms with E-state index in [1.807, 2.05) is 29.6 Å². The number of imide groups is 1. The van der Waals surface area contributed by atoms with Crippen LogP contribution in [0.5, 0.6) is 0 Å². The molecule has 0 aliphatic carbocycles. The number of piperidine rings is 1. The van der Waals surface area contributed by atoms with E-state index in [1.54, 1.807) is 24.3 Å². The number of carbonyl (C=O) groups excluding carboxylic acids is 2. The lowest BCUT2D eigenvalue weighted by atomic mass is 10.1. The first kappa shape index (κ1) is 20.8. The molecule has 5 rings (SSSR count). The number of carbonyl (C=O) groups is 2. The number of hydrogen-bond acceptors (Lipinski definition) is 5.